The van der Waals surface area contributed by atoms with Gasteiger partial charge in [0.1, 0.15) is 12.4 Å². The van der Waals surface area contributed by atoms with Crippen molar-refractivity contribution in [3.8, 4) is 11.5 Å². The molecule has 5 rings (SSSR count). The van der Waals surface area contributed by atoms with Crippen LogP contribution in [0.15, 0.2) is 59.4 Å². The Morgan fingerprint density at radius 2 is 1.82 bits per heavy atom. The number of nitrogens with zero attached hydrogens (tertiary/aromatic N) is 2. The molecular formula is C27H23FN2O3S. The lowest BCUT2D eigenvalue weighted by Crippen LogP contribution is -2.22. The van der Waals surface area contributed by atoms with Crippen LogP contribution in [0.25, 0.3) is 22.1 Å². The lowest BCUT2D eigenvalue weighted by atomic mass is 10.1. The predicted octanol–water partition coefficient (Wildman–Crippen LogP) is 5.19. The first kappa shape index (κ1) is 22.1. The minimum atomic E-state index is -0.282. The Balaban J connectivity index is 1.49. The van der Waals surface area contributed by atoms with Crippen molar-refractivity contribution < 1.29 is 13.9 Å². The Hall–Kier alpha value is -3.71. The first-order valence-corrected chi connectivity index (χ1v) is 11.8. The average molecular weight is 475 g/mol. The maximum absolute atomic E-state index is 13.2. The lowest BCUT2D eigenvalue weighted by Gasteiger charge is -2.12. The molecule has 0 atom stereocenters. The van der Waals surface area contributed by atoms with Crippen molar-refractivity contribution in [1.82, 2.24) is 9.38 Å². The molecule has 0 N–H and O–H groups in total. The summed E-state index contributed by atoms with van der Waals surface area (Å²) in [6, 6.07) is 15.7. The molecule has 0 unspecified atom stereocenters. The number of hydrogen-bond acceptors (Lipinski definition) is 5. The molecule has 0 amide bonds. The van der Waals surface area contributed by atoms with Gasteiger partial charge in [-0.1, -0.05) is 35.6 Å². The van der Waals surface area contributed by atoms with E-state index in [1.165, 1.54) is 23.5 Å². The van der Waals surface area contributed by atoms with Gasteiger partial charge in [-0.05, 0) is 79.4 Å². The second kappa shape index (κ2) is 8.91. The number of fused-ring (bicyclic) bond motifs is 3. The van der Waals surface area contributed by atoms with Gasteiger partial charge in [-0.2, -0.15) is 0 Å². The molecule has 0 radical (unpaired) electrons. The molecule has 5 nitrogen and oxygen atoms in total. The molecule has 7 heteroatoms. The van der Waals surface area contributed by atoms with E-state index < -0.39 is 0 Å². The zero-order valence-electron chi connectivity index (χ0n) is 19.1. The predicted molar refractivity (Wildman–Crippen MR) is 133 cm³/mol. The molecule has 5 aromatic rings. The van der Waals surface area contributed by atoms with Crippen molar-refractivity contribution in [2.75, 3.05) is 6.61 Å². The van der Waals surface area contributed by atoms with Crippen molar-refractivity contribution in [3.05, 3.63) is 97.6 Å². The van der Waals surface area contributed by atoms with E-state index in [0.29, 0.717) is 34.2 Å². The molecule has 0 aliphatic rings. The molecule has 0 saturated heterocycles. The summed E-state index contributed by atoms with van der Waals surface area (Å²) in [7, 11) is 0. The standard InChI is InChI=1S/C27H23FN2O3S/c1-4-32-23-13-19(8-12-22(23)33-15-18-6-9-20(28)10-7-18)14-24-26(31)30-21-11-5-16(2)17(3)25(21)29-27(30)34-24/h5-14H,4,15H2,1-3H3/b24-14-. The van der Waals surface area contributed by atoms with E-state index in [1.54, 1.807) is 16.5 Å². The van der Waals surface area contributed by atoms with E-state index in [1.807, 2.05) is 57.2 Å². The normalized spacial score (nSPS) is 12.1. The smallest absolute Gasteiger partial charge is 0.274 e. The van der Waals surface area contributed by atoms with Crippen molar-refractivity contribution in [3.63, 3.8) is 0 Å². The number of aryl methyl sites for hydroxylation is 2. The molecule has 0 fully saturated rings. The van der Waals surface area contributed by atoms with Gasteiger partial charge in [-0.25, -0.2) is 13.8 Å². The molecule has 0 bridgehead atoms. The van der Waals surface area contributed by atoms with Gasteiger partial charge in [0.05, 0.1) is 22.2 Å². The quantitative estimate of drug-likeness (QED) is 0.340. The number of thiazole rings is 1. The highest BCUT2D eigenvalue weighted by atomic mass is 32.1. The molecule has 0 aliphatic carbocycles. The van der Waals surface area contributed by atoms with Gasteiger partial charge in [0.25, 0.3) is 5.56 Å². The van der Waals surface area contributed by atoms with Gasteiger partial charge in [-0.3, -0.25) is 4.79 Å². The molecular weight excluding hydrogens is 451 g/mol. The van der Waals surface area contributed by atoms with E-state index in [0.717, 1.165) is 33.3 Å². The van der Waals surface area contributed by atoms with Crippen molar-refractivity contribution in [2.45, 2.75) is 27.4 Å². The first-order chi connectivity index (χ1) is 16.4. The zero-order valence-corrected chi connectivity index (χ0v) is 19.9. The molecule has 0 aliphatic heterocycles. The number of aromatic nitrogens is 2. The van der Waals surface area contributed by atoms with Crippen LogP contribution in [0.4, 0.5) is 4.39 Å². The third-order valence-corrected chi connectivity index (χ3v) is 6.78. The summed E-state index contributed by atoms with van der Waals surface area (Å²) in [5.74, 6) is 0.892. The van der Waals surface area contributed by atoms with Gasteiger partial charge < -0.3 is 9.47 Å². The molecule has 34 heavy (non-hydrogen) atoms. The Labute approximate surface area is 199 Å². The number of hydrogen-bond donors (Lipinski definition) is 0. The van der Waals surface area contributed by atoms with E-state index in [-0.39, 0.29) is 11.4 Å². The SMILES string of the molecule is CCOc1cc(/C=c2\sc3nc4c(C)c(C)ccc4n3c2=O)ccc1OCc1ccc(F)cc1. The van der Waals surface area contributed by atoms with Crippen LogP contribution < -0.4 is 19.6 Å². The minimum absolute atomic E-state index is 0.0830. The fraction of sp³-hybridized carbons (Fsp3) is 0.185. The van der Waals surface area contributed by atoms with Crippen LogP contribution in [-0.2, 0) is 6.61 Å². The molecule has 172 valence electrons. The number of benzene rings is 3. The van der Waals surface area contributed by atoms with Crippen LogP contribution in [0.3, 0.4) is 0 Å². The highest BCUT2D eigenvalue weighted by Gasteiger charge is 2.14. The van der Waals surface area contributed by atoms with Crippen LogP contribution >= 0.6 is 11.3 Å². The second-order valence-corrected chi connectivity index (χ2v) is 9.08. The van der Waals surface area contributed by atoms with Gasteiger partial charge in [0.15, 0.2) is 16.5 Å². The summed E-state index contributed by atoms with van der Waals surface area (Å²) in [5, 5.41) is 0. The van der Waals surface area contributed by atoms with Crippen LogP contribution in [0.1, 0.15) is 29.2 Å². The molecule has 0 saturated carbocycles. The van der Waals surface area contributed by atoms with Crippen molar-refractivity contribution in [2.24, 2.45) is 0 Å². The zero-order chi connectivity index (χ0) is 23.8. The fourth-order valence-electron chi connectivity index (χ4n) is 3.86. The Bertz CT molecular complexity index is 1620. The van der Waals surface area contributed by atoms with E-state index in [4.69, 9.17) is 14.5 Å². The van der Waals surface area contributed by atoms with E-state index in [2.05, 4.69) is 0 Å². The Kier molecular flexibility index (Phi) is 5.79. The maximum atomic E-state index is 13.2. The number of imidazole rings is 1. The highest BCUT2D eigenvalue weighted by molar-refractivity contribution is 7.15. The third-order valence-electron chi connectivity index (χ3n) is 5.81. The first-order valence-electron chi connectivity index (χ1n) is 11.0. The second-order valence-electron chi connectivity index (χ2n) is 8.08. The Morgan fingerprint density at radius 3 is 2.59 bits per heavy atom. The molecule has 3 aromatic carbocycles. The number of ether oxygens (including phenoxy) is 2. The largest absolute Gasteiger partial charge is 0.490 e. The summed E-state index contributed by atoms with van der Waals surface area (Å²) in [4.78, 5) is 18.6. The molecule has 2 aromatic heterocycles. The average Bonchev–Trinajstić information content (AvgIpc) is 3.34. The van der Waals surface area contributed by atoms with Crippen LogP contribution in [0.2, 0.25) is 0 Å². The third kappa shape index (κ3) is 4.03. The monoisotopic (exact) mass is 474 g/mol. The topological polar surface area (TPSA) is 52.8 Å². The van der Waals surface area contributed by atoms with Crippen LogP contribution in [-0.4, -0.2) is 16.0 Å². The fourth-order valence-corrected chi connectivity index (χ4v) is 4.84. The van der Waals surface area contributed by atoms with E-state index in [9.17, 15) is 9.18 Å². The lowest BCUT2D eigenvalue weighted by molar-refractivity contribution is 0.269. The summed E-state index contributed by atoms with van der Waals surface area (Å²) >= 11 is 1.37. The van der Waals surface area contributed by atoms with Gasteiger partial charge in [-0.15, -0.1) is 0 Å². The summed E-state index contributed by atoms with van der Waals surface area (Å²) < 4.78 is 27.1. The number of halogens is 1. The summed E-state index contributed by atoms with van der Waals surface area (Å²) in [6.45, 7) is 6.74. The number of rotatable bonds is 6. The van der Waals surface area contributed by atoms with Crippen LogP contribution in [0, 0.1) is 19.7 Å². The minimum Gasteiger partial charge on any atom is -0.490 e. The van der Waals surface area contributed by atoms with Gasteiger partial charge in [0, 0.05) is 0 Å². The van der Waals surface area contributed by atoms with Crippen LogP contribution in [0.5, 0.6) is 11.5 Å². The molecule has 0 spiro atoms. The van der Waals surface area contributed by atoms with Gasteiger partial charge in [0.2, 0.25) is 0 Å². The molecule has 2 heterocycles. The van der Waals surface area contributed by atoms with Crippen molar-refractivity contribution >= 4 is 33.4 Å². The Morgan fingerprint density at radius 1 is 1.03 bits per heavy atom. The summed E-state index contributed by atoms with van der Waals surface area (Å²) in [6.07, 6.45) is 1.85. The van der Waals surface area contributed by atoms with E-state index >= 15 is 0 Å². The summed E-state index contributed by atoms with van der Waals surface area (Å²) in [5.41, 5.74) is 5.55. The highest BCUT2D eigenvalue weighted by Crippen LogP contribution is 2.30. The van der Waals surface area contributed by atoms with Gasteiger partial charge >= 0.3 is 0 Å². The maximum Gasteiger partial charge on any atom is 0.274 e. The van der Waals surface area contributed by atoms with Crippen molar-refractivity contribution in [1.29, 1.82) is 0 Å².